The van der Waals surface area contributed by atoms with Gasteiger partial charge in [-0.25, -0.2) is 4.90 Å². The van der Waals surface area contributed by atoms with Crippen LogP contribution in [0.2, 0.25) is 0 Å². The molecule has 0 aliphatic carbocycles. The van der Waals surface area contributed by atoms with Crippen LogP contribution in [0.5, 0.6) is 0 Å². The van der Waals surface area contributed by atoms with E-state index in [1.807, 2.05) is 13.8 Å². The molecule has 2 aromatic carbocycles. The third kappa shape index (κ3) is 2.43. The highest BCUT2D eigenvalue weighted by atomic mass is 16.6. The average Bonchev–Trinajstić information content (AvgIpc) is 3.33. The zero-order valence-electron chi connectivity index (χ0n) is 16.9. The maximum absolute atomic E-state index is 13.7. The highest BCUT2D eigenvalue weighted by Crippen LogP contribution is 2.54. The summed E-state index contributed by atoms with van der Waals surface area (Å²) in [7, 11) is 0. The second-order valence-corrected chi connectivity index (χ2v) is 8.51. The van der Waals surface area contributed by atoms with E-state index in [0.717, 1.165) is 4.90 Å². The Hall–Kier alpha value is -3.59. The van der Waals surface area contributed by atoms with Crippen molar-refractivity contribution in [2.45, 2.75) is 25.4 Å². The molecule has 3 aliphatic rings. The van der Waals surface area contributed by atoms with Gasteiger partial charge in [0.15, 0.2) is 0 Å². The average molecular weight is 420 g/mol. The van der Waals surface area contributed by atoms with Crippen molar-refractivity contribution in [1.29, 1.82) is 0 Å². The minimum absolute atomic E-state index is 0.0331. The molecule has 3 heterocycles. The van der Waals surface area contributed by atoms with Crippen molar-refractivity contribution < 1.29 is 19.3 Å². The second-order valence-electron chi connectivity index (χ2n) is 8.51. The van der Waals surface area contributed by atoms with Crippen molar-refractivity contribution in [3.8, 4) is 0 Å². The summed E-state index contributed by atoms with van der Waals surface area (Å²) in [5, 5.41) is 17.4. The number of fused-ring (bicyclic) bond motifs is 4. The summed E-state index contributed by atoms with van der Waals surface area (Å²) in [5.74, 6) is -3.09. The van der Waals surface area contributed by atoms with E-state index in [1.54, 1.807) is 24.3 Å². The van der Waals surface area contributed by atoms with E-state index in [9.17, 15) is 24.5 Å². The molecule has 0 saturated carbocycles. The van der Waals surface area contributed by atoms with Crippen LogP contribution in [0.3, 0.4) is 0 Å². The van der Waals surface area contributed by atoms with Crippen molar-refractivity contribution in [1.82, 2.24) is 5.32 Å². The molecule has 3 amide bonds. The highest BCUT2D eigenvalue weighted by Gasteiger charge is 2.70. The fraction of sp³-hybridized carbons (Fsp3) is 0.318. The lowest BCUT2D eigenvalue weighted by Crippen LogP contribution is -2.54. The van der Waals surface area contributed by atoms with E-state index in [0.29, 0.717) is 11.3 Å². The molecule has 0 aromatic heterocycles. The Labute approximate surface area is 177 Å². The van der Waals surface area contributed by atoms with Crippen LogP contribution in [0.25, 0.3) is 0 Å². The number of carbonyl (C=O) groups excluding carboxylic acids is 3. The zero-order valence-corrected chi connectivity index (χ0v) is 16.9. The highest BCUT2D eigenvalue weighted by molar-refractivity contribution is 6.25. The predicted octanol–water partition coefficient (Wildman–Crippen LogP) is 2.18. The molecule has 2 fully saturated rings. The number of carbonyl (C=O) groups is 3. The molecule has 158 valence electrons. The van der Waals surface area contributed by atoms with E-state index < -0.39 is 40.2 Å². The van der Waals surface area contributed by atoms with Crippen LogP contribution in [-0.2, 0) is 19.9 Å². The van der Waals surface area contributed by atoms with Gasteiger partial charge in [0.2, 0.25) is 17.7 Å². The summed E-state index contributed by atoms with van der Waals surface area (Å²) in [6.07, 6.45) is 0. The first kappa shape index (κ1) is 19.4. The molecule has 3 aliphatic heterocycles. The molecule has 31 heavy (non-hydrogen) atoms. The van der Waals surface area contributed by atoms with E-state index >= 15 is 0 Å². The molecule has 2 saturated heterocycles. The summed E-state index contributed by atoms with van der Waals surface area (Å²) in [4.78, 5) is 52.1. The summed E-state index contributed by atoms with van der Waals surface area (Å²) in [6, 6.07) is 12.2. The van der Waals surface area contributed by atoms with Crippen molar-refractivity contribution in [3.63, 3.8) is 0 Å². The maximum Gasteiger partial charge on any atom is 0.271 e. The molecule has 4 atom stereocenters. The van der Waals surface area contributed by atoms with E-state index in [-0.39, 0.29) is 23.2 Å². The van der Waals surface area contributed by atoms with Crippen molar-refractivity contribution >= 4 is 34.8 Å². The molecular weight excluding hydrogens is 400 g/mol. The number of nitro groups is 1. The molecule has 0 radical (unpaired) electrons. The van der Waals surface area contributed by atoms with Crippen LogP contribution >= 0.6 is 0 Å². The van der Waals surface area contributed by atoms with Crippen LogP contribution in [0.4, 0.5) is 17.1 Å². The smallest absolute Gasteiger partial charge is 0.271 e. The van der Waals surface area contributed by atoms with Crippen LogP contribution in [-0.4, -0.2) is 28.7 Å². The first-order valence-electron chi connectivity index (χ1n) is 10.1. The number of para-hydroxylation sites is 1. The summed E-state index contributed by atoms with van der Waals surface area (Å²) in [6.45, 7) is 3.86. The van der Waals surface area contributed by atoms with Gasteiger partial charge in [-0.05, 0) is 18.1 Å². The van der Waals surface area contributed by atoms with Crippen molar-refractivity contribution in [2.75, 3.05) is 10.2 Å². The maximum atomic E-state index is 13.7. The largest absolute Gasteiger partial charge is 0.324 e. The quantitative estimate of drug-likeness (QED) is 0.446. The molecule has 9 heteroatoms. The van der Waals surface area contributed by atoms with Gasteiger partial charge in [-0.2, -0.15) is 0 Å². The number of nitro benzene ring substituents is 1. The number of hydrogen-bond acceptors (Lipinski definition) is 6. The molecule has 2 aromatic rings. The van der Waals surface area contributed by atoms with Gasteiger partial charge in [-0.15, -0.1) is 0 Å². The molecular formula is C22H20N4O5. The zero-order chi connectivity index (χ0) is 22.1. The first-order chi connectivity index (χ1) is 14.8. The number of hydrogen-bond donors (Lipinski definition) is 2. The lowest BCUT2D eigenvalue weighted by Gasteiger charge is -2.30. The molecule has 9 nitrogen and oxygen atoms in total. The molecule has 0 bridgehead atoms. The third-order valence-corrected chi connectivity index (χ3v) is 6.57. The summed E-state index contributed by atoms with van der Waals surface area (Å²) >= 11 is 0. The number of rotatable bonds is 3. The summed E-state index contributed by atoms with van der Waals surface area (Å²) < 4.78 is 0. The Morgan fingerprint density at radius 3 is 2.52 bits per heavy atom. The minimum Gasteiger partial charge on any atom is -0.324 e. The van der Waals surface area contributed by atoms with E-state index in [4.69, 9.17) is 0 Å². The Kier molecular flexibility index (Phi) is 4.03. The Morgan fingerprint density at radius 2 is 1.81 bits per heavy atom. The van der Waals surface area contributed by atoms with Gasteiger partial charge in [0.05, 0.1) is 22.4 Å². The van der Waals surface area contributed by atoms with Gasteiger partial charge in [-0.3, -0.25) is 29.8 Å². The van der Waals surface area contributed by atoms with E-state index in [1.165, 1.54) is 24.3 Å². The van der Waals surface area contributed by atoms with Crippen LogP contribution in [0, 0.1) is 27.9 Å². The number of benzene rings is 2. The SMILES string of the molecule is CC(C)[C@@H]1N[C@]2(C(=O)Nc3ccccc32)[C@H]2C(=O)N(c3cccc([N+](=O)[O-])c3)C(=O)[C@H]12. The Bertz CT molecular complexity index is 1160. The Morgan fingerprint density at radius 1 is 1.06 bits per heavy atom. The number of imide groups is 1. The first-order valence-corrected chi connectivity index (χ1v) is 10.1. The topological polar surface area (TPSA) is 122 Å². The summed E-state index contributed by atoms with van der Waals surface area (Å²) in [5.41, 5.74) is -0.189. The predicted molar refractivity (Wildman–Crippen MR) is 111 cm³/mol. The molecule has 5 rings (SSSR count). The fourth-order valence-corrected chi connectivity index (χ4v) is 5.26. The molecule has 0 unspecified atom stereocenters. The standard InChI is InChI=1S/C22H20N4O5/c1-11(2)18-16-17(22(24-18)14-8-3-4-9-15(14)23-21(22)29)20(28)25(19(16)27)12-6-5-7-13(10-12)26(30)31/h3-11,16-18,24H,1-2H3,(H,23,29)/t16-,17+,18-,22-/m0/s1. The third-order valence-electron chi connectivity index (χ3n) is 6.57. The molecule has 1 spiro atoms. The van der Waals surface area contributed by atoms with Crippen molar-refractivity contribution in [2.24, 2.45) is 17.8 Å². The number of amides is 3. The van der Waals surface area contributed by atoms with Gasteiger partial charge in [0.25, 0.3) is 5.69 Å². The van der Waals surface area contributed by atoms with Gasteiger partial charge in [0.1, 0.15) is 5.54 Å². The normalized spacial score (nSPS) is 28.9. The number of anilines is 2. The van der Waals surface area contributed by atoms with E-state index in [2.05, 4.69) is 10.6 Å². The van der Waals surface area contributed by atoms with Gasteiger partial charge >= 0.3 is 0 Å². The van der Waals surface area contributed by atoms with Gasteiger partial charge in [-0.1, -0.05) is 38.1 Å². The lowest BCUT2D eigenvalue weighted by atomic mass is 9.76. The Balaban J connectivity index is 1.67. The fourth-order valence-electron chi connectivity index (χ4n) is 5.26. The van der Waals surface area contributed by atoms with Crippen LogP contribution < -0.4 is 15.5 Å². The number of nitrogens with zero attached hydrogens (tertiary/aromatic N) is 2. The van der Waals surface area contributed by atoms with Crippen molar-refractivity contribution in [3.05, 3.63) is 64.2 Å². The monoisotopic (exact) mass is 420 g/mol. The van der Waals surface area contributed by atoms with Crippen LogP contribution in [0.15, 0.2) is 48.5 Å². The number of nitrogens with one attached hydrogen (secondary N) is 2. The molecule has 2 N–H and O–H groups in total. The minimum atomic E-state index is -1.36. The number of non-ortho nitro benzene ring substituents is 1. The lowest BCUT2D eigenvalue weighted by molar-refractivity contribution is -0.384. The van der Waals surface area contributed by atoms with Crippen LogP contribution in [0.1, 0.15) is 19.4 Å². The second kappa shape index (κ2) is 6.45. The van der Waals surface area contributed by atoms with Gasteiger partial charge in [0, 0.05) is 29.4 Å². The van der Waals surface area contributed by atoms with Gasteiger partial charge < -0.3 is 5.32 Å².